The standard InChI is InChI=1S/C19H18ClFN2O2/c1-12-10-22-17(19(20)23-12)18(24)14-8-5-9-15(16(14)21)25-11-13-6-3-2-4-7-13/h2-9,12,18,24H,10-11H2,1H3. The van der Waals surface area contributed by atoms with E-state index >= 15 is 0 Å². The number of hydrogen-bond donors (Lipinski definition) is 1. The minimum absolute atomic E-state index is 0.0474. The van der Waals surface area contributed by atoms with E-state index < -0.39 is 11.9 Å². The Morgan fingerprint density at radius 1 is 1.24 bits per heavy atom. The zero-order chi connectivity index (χ0) is 17.8. The molecule has 0 saturated carbocycles. The molecule has 2 aromatic rings. The van der Waals surface area contributed by atoms with Gasteiger partial charge in [0, 0.05) is 5.56 Å². The predicted molar refractivity (Wildman–Crippen MR) is 97.2 cm³/mol. The molecule has 2 atom stereocenters. The van der Waals surface area contributed by atoms with Crippen LogP contribution >= 0.6 is 11.6 Å². The van der Waals surface area contributed by atoms with Gasteiger partial charge in [0.05, 0.1) is 12.6 Å². The van der Waals surface area contributed by atoms with Crippen LogP contribution in [0.4, 0.5) is 4.39 Å². The van der Waals surface area contributed by atoms with Crippen LogP contribution in [0.3, 0.4) is 0 Å². The molecule has 0 spiro atoms. The maximum Gasteiger partial charge on any atom is 0.171 e. The molecule has 2 aromatic carbocycles. The van der Waals surface area contributed by atoms with Crippen LogP contribution in [0.25, 0.3) is 0 Å². The first kappa shape index (κ1) is 17.6. The second-order valence-electron chi connectivity index (χ2n) is 5.83. The summed E-state index contributed by atoms with van der Waals surface area (Å²) in [5.41, 5.74) is 1.17. The number of hydrogen-bond acceptors (Lipinski definition) is 4. The van der Waals surface area contributed by atoms with Gasteiger partial charge in [0.1, 0.15) is 23.6 Å². The average Bonchev–Trinajstić information content (AvgIpc) is 2.61. The third-order valence-corrected chi connectivity index (χ3v) is 4.15. The number of aliphatic imine (C=N–C) groups is 2. The molecule has 1 aliphatic heterocycles. The molecule has 0 radical (unpaired) electrons. The van der Waals surface area contributed by atoms with Crippen LogP contribution in [-0.2, 0) is 6.61 Å². The van der Waals surface area contributed by atoms with Crippen LogP contribution < -0.4 is 4.74 Å². The molecule has 25 heavy (non-hydrogen) atoms. The third kappa shape index (κ3) is 4.06. The fourth-order valence-electron chi connectivity index (χ4n) is 2.53. The normalized spacial score (nSPS) is 18.3. The molecule has 1 N–H and O–H groups in total. The fraction of sp³-hybridized carbons (Fsp3) is 0.263. The van der Waals surface area contributed by atoms with E-state index in [0.717, 1.165) is 5.56 Å². The summed E-state index contributed by atoms with van der Waals surface area (Å²) in [4.78, 5) is 8.40. The highest BCUT2D eigenvalue weighted by Gasteiger charge is 2.26. The van der Waals surface area contributed by atoms with Gasteiger partial charge in [0.2, 0.25) is 0 Å². The first-order valence-corrected chi connectivity index (χ1v) is 8.35. The Morgan fingerprint density at radius 2 is 2.00 bits per heavy atom. The van der Waals surface area contributed by atoms with Crippen molar-refractivity contribution < 1.29 is 14.2 Å². The number of ether oxygens (including phenoxy) is 1. The first-order chi connectivity index (χ1) is 12.1. The van der Waals surface area contributed by atoms with Gasteiger partial charge in [0.25, 0.3) is 0 Å². The van der Waals surface area contributed by atoms with Gasteiger partial charge in [-0.2, -0.15) is 0 Å². The zero-order valence-corrected chi connectivity index (χ0v) is 14.4. The van der Waals surface area contributed by atoms with Gasteiger partial charge in [-0.3, -0.25) is 9.98 Å². The van der Waals surface area contributed by atoms with Gasteiger partial charge in [-0.25, -0.2) is 4.39 Å². The van der Waals surface area contributed by atoms with Crippen LogP contribution in [0.1, 0.15) is 24.2 Å². The van der Waals surface area contributed by atoms with Crippen molar-refractivity contribution in [2.45, 2.75) is 25.7 Å². The second kappa shape index (κ2) is 7.76. The minimum Gasteiger partial charge on any atom is -0.486 e. The highest BCUT2D eigenvalue weighted by atomic mass is 35.5. The van der Waals surface area contributed by atoms with Gasteiger partial charge in [0.15, 0.2) is 11.6 Å². The lowest BCUT2D eigenvalue weighted by Crippen LogP contribution is -2.26. The predicted octanol–water partition coefficient (Wildman–Crippen LogP) is 3.92. The smallest absolute Gasteiger partial charge is 0.171 e. The molecule has 3 rings (SSSR count). The van der Waals surface area contributed by atoms with Crippen molar-refractivity contribution in [3.05, 3.63) is 65.5 Å². The van der Waals surface area contributed by atoms with E-state index in [-0.39, 0.29) is 34.8 Å². The summed E-state index contributed by atoms with van der Waals surface area (Å²) < 4.78 is 20.3. The summed E-state index contributed by atoms with van der Waals surface area (Å²) in [6, 6.07) is 14.0. The van der Waals surface area contributed by atoms with E-state index in [9.17, 15) is 9.50 Å². The highest BCUT2D eigenvalue weighted by molar-refractivity contribution is 6.84. The first-order valence-electron chi connectivity index (χ1n) is 7.97. The molecule has 6 heteroatoms. The van der Waals surface area contributed by atoms with Gasteiger partial charge in [-0.05, 0) is 18.6 Å². The van der Waals surface area contributed by atoms with Crippen molar-refractivity contribution in [3.63, 3.8) is 0 Å². The van der Waals surface area contributed by atoms with E-state index in [0.29, 0.717) is 6.54 Å². The Kier molecular flexibility index (Phi) is 5.46. The zero-order valence-electron chi connectivity index (χ0n) is 13.7. The van der Waals surface area contributed by atoms with Gasteiger partial charge in [-0.1, -0.05) is 54.1 Å². The van der Waals surface area contributed by atoms with E-state index in [1.54, 1.807) is 6.07 Å². The van der Waals surface area contributed by atoms with E-state index in [4.69, 9.17) is 16.3 Å². The molecular weight excluding hydrogens is 343 g/mol. The van der Waals surface area contributed by atoms with Crippen molar-refractivity contribution in [2.24, 2.45) is 9.98 Å². The van der Waals surface area contributed by atoms with E-state index in [1.807, 2.05) is 37.3 Å². The highest BCUT2D eigenvalue weighted by Crippen LogP contribution is 2.28. The number of benzene rings is 2. The lowest BCUT2D eigenvalue weighted by atomic mass is 10.0. The van der Waals surface area contributed by atoms with Crippen molar-refractivity contribution >= 4 is 22.5 Å². The van der Waals surface area contributed by atoms with Gasteiger partial charge < -0.3 is 9.84 Å². The number of rotatable bonds is 5. The van der Waals surface area contributed by atoms with Crippen molar-refractivity contribution in [2.75, 3.05) is 6.54 Å². The Hall–Kier alpha value is -2.24. The number of aliphatic hydroxyl groups is 1. The molecule has 1 aliphatic rings. The summed E-state index contributed by atoms with van der Waals surface area (Å²) in [6.07, 6.45) is -1.29. The molecule has 0 bridgehead atoms. The monoisotopic (exact) mass is 360 g/mol. The van der Waals surface area contributed by atoms with E-state index in [2.05, 4.69) is 9.98 Å². The quantitative estimate of drug-likeness (QED) is 0.878. The van der Waals surface area contributed by atoms with Crippen LogP contribution in [0.5, 0.6) is 5.75 Å². The molecule has 0 fully saturated rings. The van der Waals surface area contributed by atoms with Gasteiger partial charge >= 0.3 is 0 Å². The molecule has 0 aromatic heterocycles. The molecular formula is C19H18ClFN2O2. The lowest BCUT2D eigenvalue weighted by Gasteiger charge is -2.20. The topological polar surface area (TPSA) is 54.2 Å². The molecule has 4 nitrogen and oxygen atoms in total. The number of nitrogens with zero attached hydrogens (tertiary/aromatic N) is 2. The van der Waals surface area contributed by atoms with Crippen LogP contribution in [0.15, 0.2) is 58.5 Å². The van der Waals surface area contributed by atoms with Crippen LogP contribution in [-0.4, -0.2) is 28.6 Å². The van der Waals surface area contributed by atoms with Crippen molar-refractivity contribution in [1.82, 2.24) is 0 Å². The molecule has 0 saturated heterocycles. The van der Waals surface area contributed by atoms with E-state index in [1.165, 1.54) is 12.1 Å². The number of halogens is 2. The Labute approximate surface area is 150 Å². The van der Waals surface area contributed by atoms with Gasteiger partial charge in [-0.15, -0.1) is 0 Å². The molecule has 0 aliphatic carbocycles. The van der Waals surface area contributed by atoms with Crippen LogP contribution in [0, 0.1) is 5.82 Å². The Balaban J connectivity index is 1.80. The summed E-state index contributed by atoms with van der Waals surface area (Å²) in [5, 5.41) is 10.6. The average molecular weight is 361 g/mol. The largest absolute Gasteiger partial charge is 0.486 e. The molecule has 1 heterocycles. The summed E-state index contributed by atoms with van der Waals surface area (Å²) >= 11 is 6.06. The molecule has 2 unspecified atom stereocenters. The maximum absolute atomic E-state index is 14.8. The van der Waals surface area contributed by atoms with Crippen molar-refractivity contribution in [1.29, 1.82) is 0 Å². The summed E-state index contributed by atoms with van der Waals surface area (Å²) in [7, 11) is 0. The molecule has 0 amide bonds. The Bertz CT molecular complexity index is 808. The number of aliphatic hydroxyl groups excluding tert-OH is 1. The van der Waals surface area contributed by atoms with Crippen molar-refractivity contribution in [3.8, 4) is 5.75 Å². The maximum atomic E-state index is 14.8. The summed E-state index contributed by atoms with van der Waals surface area (Å²) in [5.74, 6) is -0.560. The van der Waals surface area contributed by atoms with Crippen LogP contribution in [0.2, 0.25) is 0 Å². The fourth-order valence-corrected chi connectivity index (χ4v) is 2.86. The summed E-state index contributed by atoms with van der Waals surface area (Å²) in [6.45, 7) is 2.51. The SMILES string of the molecule is CC1CN=C(C(O)c2cccc(OCc3ccccc3)c2F)C(Cl)=N1. The second-order valence-corrected chi connectivity index (χ2v) is 6.19. The minimum atomic E-state index is -1.29. The Morgan fingerprint density at radius 3 is 2.72 bits per heavy atom. The third-order valence-electron chi connectivity index (χ3n) is 3.85. The lowest BCUT2D eigenvalue weighted by molar-refractivity contribution is 0.237. The molecule has 130 valence electrons.